The van der Waals surface area contributed by atoms with Gasteiger partial charge in [0.2, 0.25) is 0 Å². The van der Waals surface area contributed by atoms with E-state index in [2.05, 4.69) is 16.2 Å². The number of carbonyl (C=O) groups is 1. The van der Waals surface area contributed by atoms with E-state index in [9.17, 15) is 9.59 Å². The molecule has 23 heavy (non-hydrogen) atoms. The highest BCUT2D eigenvalue weighted by Gasteiger charge is 2.13. The van der Waals surface area contributed by atoms with Gasteiger partial charge in [-0.1, -0.05) is 12.1 Å². The lowest BCUT2D eigenvalue weighted by Crippen LogP contribution is -2.18. The lowest BCUT2D eigenvalue weighted by molar-refractivity contribution is 0.0519. The summed E-state index contributed by atoms with van der Waals surface area (Å²) in [6.45, 7) is 1.89. The summed E-state index contributed by atoms with van der Waals surface area (Å²) in [5.74, 6) is -0.638. The van der Waals surface area contributed by atoms with Gasteiger partial charge in [-0.2, -0.15) is 5.26 Å². The second-order valence-corrected chi connectivity index (χ2v) is 4.76. The van der Waals surface area contributed by atoms with Crippen LogP contribution in [0.4, 0.5) is 0 Å². The lowest BCUT2D eigenvalue weighted by atomic mass is 10.1. The zero-order valence-corrected chi connectivity index (χ0v) is 12.2. The molecule has 0 atom stereocenters. The molecule has 7 heteroatoms. The maximum absolute atomic E-state index is 12.1. The summed E-state index contributed by atoms with van der Waals surface area (Å²) in [7, 11) is 0. The van der Waals surface area contributed by atoms with Crippen LogP contribution in [0.1, 0.15) is 23.0 Å². The first-order valence-electron chi connectivity index (χ1n) is 6.93. The van der Waals surface area contributed by atoms with Crippen molar-refractivity contribution in [2.45, 2.75) is 6.92 Å². The quantitative estimate of drug-likeness (QED) is 0.743. The number of hydrogen-bond acceptors (Lipinski definition) is 5. The Morgan fingerprint density at radius 3 is 2.96 bits per heavy atom. The molecular formula is C16H12N4O3. The third-order valence-electron chi connectivity index (χ3n) is 3.24. The third-order valence-corrected chi connectivity index (χ3v) is 3.24. The van der Waals surface area contributed by atoms with Crippen molar-refractivity contribution in [2.24, 2.45) is 0 Å². The zero-order chi connectivity index (χ0) is 16.4. The van der Waals surface area contributed by atoms with Gasteiger partial charge >= 0.3 is 5.97 Å². The number of nitrogens with one attached hydrogen (secondary N) is 1. The third kappa shape index (κ3) is 2.70. The summed E-state index contributed by atoms with van der Waals surface area (Å²) in [5.41, 5.74) is 1.72. The maximum atomic E-state index is 12.1. The largest absolute Gasteiger partial charge is 0.461 e. The van der Waals surface area contributed by atoms with Crippen LogP contribution >= 0.6 is 0 Å². The number of aromatic amines is 1. The highest BCUT2D eigenvalue weighted by molar-refractivity contribution is 5.87. The minimum absolute atomic E-state index is 0.0341. The Hall–Kier alpha value is -3.40. The van der Waals surface area contributed by atoms with Gasteiger partial charge in [-0.15, -0.1) is 0 Å². The minimum Gasteiger partial charge on any atom is -0.461 e. The van der Waals surface area contributed by atoms with Crippen molar-refractivity contribution in [1.29, 1.82) is 5.26 Å². The van der Waals surface area contributed by atoms with Gasteiger partial charge < -0.3 is 4.74 Å². The van der Waals surface area contributed by atoms with Gasteiger partial charge in [0.25, 0.3) is 5.56 Å². The molecule has 0 amide bonds. The molecule has 2 aromatic heterocycles. The Balaban J connectivity index is 2.12. The number of hydrogen-bond donors (Lipinski definition) is 1. The van der Waals surface area contributed by atoms with Crippen LogP contribution in [0.25, 0.3) is 16.9 Å². The van der Waals surface area contributed by atoms with Gasteiger partial charge in [-0.25, -0.2) is 14.3 Å². The van der Waals surface area contributed by atoms with Crippen LogP contribution in [-0.4, -0.2) is 27.2 Å². The van der Waals surface area contributed by atoms with E-state index in [1.807, 2.05) is 6.07 Å². The number of nitriles is 1. The van der Waals surface area contributed by atoms with E-state index in [1.54, 1.807) is 31.2 Å². The topological polar surface area (TPSA) is 100 Å². The molecule has 0 fully saturated rings. The van der Waals surface area contributed by atoms with Crippen molar-refractivity contribution in [2.75, 3.05) is 6.61 Å². The number of fused-ring (bicyclic) bond motifs is 1. The molecular weight excluding hydrogens is 296 g/mol. The molecule has 0 aliphatic carbocycles. The van der Waals surface area contributed by atoms with Crippen LogP contribution in [0.2, 0.25) is 0 Å². The fourth-order valence-corrected chi connectivity index (χ4v) is 2.20. The number of ether oxygens (including phenoxy) is 1. The lowest BCUT2D eigenvalue weighted by Gasteiger charge is -2.00. The molecule has 0 aliphatic rings. The van der Waals surface area contributed by atoms with Crippen molar-refractivity contribution in [3.05, 3.63) is 58.0 Å². The van der Waals surface area contributed by atoms with Crippen molar-refractivity contribution in [3.63, 3.8) is 0 Å². The van der Waals surface area contributed by atoms with E-state index < -0.39 is 11.5 Å². The van der Waals surface area contributed by atoms with Crippen LogP contribution in [0.15, 0.2) is 41.2 Å². The molecule has 0 saturated carbocycles. The molecule has 0 unspecified atom stereocenters. The summed E-state index contributed by atoms with van der Waals surface area (Å²) in [5, 5.41) is 11.9. The summed E-state index contributed by atoms with van der Waals surface area (Å²) in [4.78, 5) is 28.0. The normalized spacial score (nSPS) is 10.4. The van der Waals surface area contributed by atoms with Crippen LogP contribution in [0.5, 0.6) is 0 Å². The van der Waals surface area contributed by atoms with Gasteiger partial charge in [0.05, 0.1) is 23.9 Å². The summed E-state index contributed by atoms with van der Waals surface area (Å²) < 4.78 is 6.09. The number of carbonyl (C=O) groups excluding carboxylic acids is 1. The van der Waals surface area contributed by atoms with E-state index in [0.29, 0.717) is 16.9 Å². The molecule has 7 nitrogen and oxygen atoms in total. The Labute approximate surface area is 130 Å². The second kappa shape index (κ2) is 5.77. The molecule has 2 heterocycles. The van der Waals surface area contributed by atoms with Crippen molar-refractivity contribution in [3.8, 4) is 17.3 Å². The average molecular weight is 308 g/mol. The minimum atomic E-state index is -0.638. The van der Waals surface area contributed by atoms with Gasteiger partial charge in [-0.3, -0.25) is 9.89 Å². The van der Waals surface area contributed by atoms with Crippen LogP contribution in [0.3, 0.4) is 0 Å². The zero-order valence-electron chi connectivity index (χ0n) is 12.2. The van der Waals surface area contributed by atoms with Crippen LogP contribution < -0.4 is 5.56 Å². The fourth-order valence-electron chi connectivity index (χ4n) is 2.20. The van der Waals surface area contributed by atoms with E-state index in [1.165, 1.54) is 4.52 Å². The van der Waals surface area contributed by atoms with E-state index in [4.69, 9.17) is 10.00 Å². The van der Waals surface area contributed by atoms with Crippen molar-refractivity contribution < 1.29 is 9.53 Å². The van der Waals surface area contributed by atoms with E-state index in [0.717, 1.165) is 11.6 Å². The number of nitrogens with zero attached hydrogens (tertiary/aromatic N) is 3. The molecule has 3 aromatic rings. The van der Waals surface area contributed by atoms with E-state index >= 15 is 0 Å². The fraction of sp³-hybridized carbons (Fsp3) is 0.125. The predicted molar refractivity (Wildman–Crippen MR) is 81.9 cm³/mol. The first-order valence-corrected chi connectivity index (χ1v) is 6.93. The van der Waals surface area contributed by atoms with Crippen LogP contribution in [0, 0.1) is 11.3 Å². The smallest absolute Gasteiger partial charge is 0.357 e. The van der Waals surface area contributed by atoms with Crippen molar-refractivity contribution >= 4 is 11.6 Å². The maximum Gasteiger partial charge on any atom is 0.357 e. The SMILES string of the molecule is CCOC(=O)c1cc(=O)n2[nH]c(-c3cccc(C#N)c3)cc2n1. The number of esters is 1. The first kappa shape index (κ1) is 14.5. The molecule has 1 aromatic carbocycles. The van der Waals surface area contributed by atoms with Crippen molar-refractivity contribution in [1.82, 2.24) is 14.6 Å². The molecule has 0 saturated heterocycles. The Morgan fingerprint density at radius 2 is 2.22 bits per heavy atom. The number of aromatic nitrogens is 3. The molecule has 0 spiro atoms. The highest BCUT2D eigenvalue weighted by atomic mass is 16.5. The molecule has 0 radical (unpaired) electrons. The standard InChI is InChI=1S/C16H12N4O3/c1-2-23-16(22)13-8-15(21)20-14(18-13)7-12(19-20)11-5-3-4-10(6-11)9-17/h3-8,19H,2H2,1H3. The molecule has 114 valence electrons. The van der Waals surface area contributed by atoms with Crippen LogP contribution in [-0.2, 0) is 4.74 Å². The Bertz CT molecular complexity index is 994. The molecule has 0 aliphatic heterocycles. The summed E-state index contributed by atoms with van der Waals surface area (Å²) in [6.07, 6.45) is 0. The van der Waals surface area contributed by atoms with Gasteiger partial charge in [0.15, 0.2) is 11.3 Å². The Kier molecular flexibility index (Phi) is 3.65. The number of rotatable bonds is 3. The molecule has 0 bridgehead atoms. The summed E-state index contributed by atoms with van der Waals surface area (Å²) >= 11 is 0. The molecule has 3 rings (SSSR count). The average Bonchev–Trinajstić information content (AvgIpc) is 3.00. The predicted octanol–water partition coefficient (Wildman–Crippen LogP) is 1.74. The Morgan fingerprint density at radius 1 is 1.39 bits per heavy atom. The molecule has 1 N–H and O–H groups in total. The second-order valence-electron chi connectivity index (χ2n) is 4.76. The number of H-pyrrole nitrogens is 1. The van der Waals surface area contributed by atoms with Gasteiger partial charge in [-0.05, 0) is 19.1 Å². The van der Waals surface area contributed by atoms with Gasteiger partial charge in [0, 0.05) is 17.7 Å². The first-order chi connectivity index (χ1) is 11.1. The van der Waals surface area contributed by atoms with E-state index in [-0.39, 0.29) is 12.3 Å². The van der Waals surface area contributed by atoms with Gasteiger partial charge in [0.1, 0.15) is 0 Å². The highest BCUT2D eigenvalue weighted by Crippen LogP contribution is 2.19. The monoisotopic (exact) mass is 308 g/mol. The number of benzene rings is 1. The summed E-state index contributed by atoms with van der Waals surface area (Å²) in [6, 6.07) is 11.8.